The molecule has 5 nitrogen and oxygen atoms in total. The number of piperazine rings is 1. The minimum Gasteiger partial charge on any atom is -0.298 e. The lowest BCUT2D eigenvalue weighted by Crippen LogP contribution is -2.50. The largest absolute Gasteiger partial charge is 0.298 e. The van der Waals surface area contributed by atoms with Crippen LogP contribution in [0, 0.1) is 25.2 Å². The molecule has 30 heavy (non-hydrogen) atoms. The molecule has 0 radical (unpaired) electrons. The highest BCUT2D eigenvalue weighted by Gasteiger charge is 2.31. The van der Waals surface area contributed by atoms with Gasteiger partial charge in [-0.2, -0.15) is 9.57 Å². The van der Waals surface area contributed by atoms with E-state index in [2.05, 4.69) is 30.9 Å². The number of rotatable bonds is 5. The van der Waals surface area contributed by atoms with Crippen molar-refractivity contribution in [2.75, 3.05) is 26.2 Å². The number of sulfonamides is 1. The zero-order valence-electron chi connectivity index (χ0n) is 17.8. The summed E-state index contributed by atoms with van der Waals surface area (Å²) in [5.41, 5.74) is 2.58. The van der Waals surface area contributed by atoms with Crippen LogP contribution in [-0.2, 0) is 10.0 Å². The SMILES string of the molecule is Cc1ccc(C)c(Sc2ccc(C#N)cc2S(=O)(=O)N2CCN(C(C)C)CC2)c1.Cl. The number of hydrogen-bond donors (Lipinski definition) is 0. The normalized spacial score (nSPS) is 15.6. The molecule has 0 aromatic heterocycles. The summed E-state index contributed by atoms with van der Waals surface area (Å²) in [7, 11) is -3.68. The molecule has 162 valence electrons. The molecule has 2 aromatic rings. The molecule has 0 aliphatic carbocycles. The first-order valence-corrected chi connectivity index (χ1v) is 12.0. The summed E-state index contributed by atoms with van der Waals surface area (Å²) in [6.45, 7) is 10.6. The number of halogens is 1. The second-order valence-corrected chi connectivity index (χ2v) is 10.7. The topological polar surface area (TPSA) is 64.4 Å². The Labute approximate surface area is 190 Å². The van der Waals surface area contributed by atoms with Crippen molar-refractivity contribution < 1.29 is 8.42 Å². The standard InChI is InChI=1S/C22H27N3O2S2.ClH/c1-16(2)24-9-11-25(12-10-24)29(26,27)22-14-19(15-23)7-8-20(22)28-21-13-17(3)5-6-18(21)4;/h5-8,13-14,16H,9-12H2,1-4H3;1H. The number of benzene rings is 2. The van der Waals surface area contributed by atoms with Gasteiger partial charge in [0.05, 0.1) is 16.5 Å². The van der Waals surface area contributed by atoms with Crippen molar-refractivity contribution in [2.45, 2.75) is 48.4 Å². The molecule has 3 rings (SSSR count). The lowest BCUT2D eigenvalue weighted by Gasteiger charge is -2.36. The Morgan fingerprint density at radius 3 is 2.27 bits per heavy atom. The van der Waals surface area contributed by atoms with Crippen LogP contribution in [0.5, 0.6) is 0 Å². The van der Waals surface area contributed by atoms with Gasteiger partial charge in [0.25, 0.3) is 0 Å². The van der Waals surface area contributed by atoms with Crippen molar-refractivity contribution in [1.82, 2.24) is 9.21 Å². The number of aryl methyl sites for hydroxylation is 2. The predicted octanol–water partition coefficient (Wildman–Crippen LogP) is 4.46. The molecule has 1 heterocycles. The van der Waals surface area contributed by atoms with Crippen LogP contribution in [0.3, 0.4) is 0 Å². The van der Waals surface area contributed by atoms with Gasteiger partial charge in [0, 0.05) is 42.0 Å². The molecule has 0 spiro atoms. The van der Waals surface area contributed by atoms with Gasteiger partial charge in [-0.3, -0.25) is 4.90 Å². The van der Waals surface area contributed by atoms with Crippen molar-refractivity contribution in [3.8, 4) is 6.07 Å². The number of nitrogens with zero attached hydrogens (tertiary/aromatic N) is 3. The average Bonchev–Trinajstić information content (AvgIpc) is 2.71. The fourth-order valence-electron chi connectivity index (χ4n) is 3.40. The third-order valence-corrected chi connectivity index (χ3v) is 8.56. The summed E-state index contributed by atoms with van der Waals surface area (Å²) in [4.78, 5) is 4.18. The van der Waals surface area contributed by atoms with Crippen molar-refractivity contribution in [2.24, 2.45) is 0 Å². The van der Waals surface area contributed by atoms with E-state index < -0.39 is 10.0 Å². The van der Waals surface area contributed by atoms with Gasteiger partial charge >= 0.3 is 0 Å². The Kier molecular flexibility index (Phi) is 8.37. The van der Waals surface area contributed by atoms with Gasteiger partial charge in [0.15, 0.2) is 0 Å². The Hall–Kier alpha value is -1.56. The lowest BCUT2D eigenvalue weighted by atomic mass is 10.2. The van der Waals surface area contributed by atoms with Crippen LogP contribution in [0.2, 0.25) is 0 Å². The quantitative estimate of drug-likeness (QED) is 0.652. The van der Waals surface area contributed by atoms with Crippen LogP contribution in [0.15, 0.2) is 51.1 Å². The van der Waals surface area contributed by atoms with Gasteiger partial charge in [-0.15, -0.1) is 12.4 Å². The highest BCUT2D eigenvalue weighted by atomic mass is 35.5. The van der Waals surface area contributed by atoms with Gasteiger partial charge < -0.3 is 0 Å². The van der Waals surface area contributed by atoms with Gasteiger partial charge in [0.1, 0.15) is 0 Å². The molecule has 0 N–H and O–H groups in total. The van der Waals surface area contributed by atoms with Gasteiger partial charge in [0.2, 0.25) is 10.0 Å². The van der Waals surface area contributed by atoms with Gasteiger partial charge in [-0.05, 0) is 63.1 Å². The number of nitriles is 1. The molecule has 1 saturated heterocycles. The molecular formula is C22H28ClN3O2S2. The Balaban J connectivity index is 0.00000320. The van der Waals surface area contributed by atoms with Crippen LogP contribution in [0.25, 0.3) is 0 Å². The van der Waals surface area contributed by atoms with Crippen LogP contribution in [-0.4, -0.2) is 49.8 Å². The maximum atomic E-state index is 13.5. The van der Waals surface area contributed by atoms with Crippen LogP contribution < -0.4 is 0 Å². The van der Waals surface area contributed by atoms with E-state index in [0.29, 0.717) is 42.7 Å². The summed E-state index contributed by atoms with van der Waals surface area (Å²) in [6, 6.07) is 13.6. The molecule has 1 fully saturated rings. The Bertz CT molecular complexity index is 1040. The van der Waals surface area contributed by atoms with Crippen molar-refractivity contribution >= 4 is 34.2 Å². The summed E-state index contributed by atoms with van der Waals surface area (Å²) in [6.07, 6.45) is 0. The first-order chi connectivity index (χ1) is 13.7. The molecule has 0 amide bonds. The van der Waals surface area contributed by atoms with E-state index in [4.69, 9.17) is 0 Å². The molecule has 0 atom stereocenters. The average molecular weight is 466 g/mol. The van der Waals surface area contributed by atoms with E-state index in [9.17, 15) is 13.7 Å². The second kappa shape index (κ2) is 10.2. The Morgan fingerprint density at radius 2 is 1.67 bits per heavy atom. The van der Waals surface area contributed by atoms with E-state index in [1.807, 2.05) is 26.0 Å². The fraction of sp³-hybridized carbons (Fsp3) is 0.409. The van der Waals surface area contributed by atoms with E-state index in [1.54, 1.807) is 16.4 Å². The molecule has 2 aromatic carbocycles. The molecule has 8 heteroatoms. The van der Waals surface area contributed by atoms with E-state index in [1.165, 1.54) is 17.8 Å². The first-order valence-electron chi connectivity index (χ1n) is 9.76. The van der Waals surface area contributed by atoms with Crippen molar-refractivity contribution in [1.29, 1.82) is 5.26 Å². The lowest BCUT2D eigenvalue weighted by molar-refractivity contribution is 0.154. The van der Waals surface area contributed by atoms with Crippen molar-refractivity contribution in [3.63, 3.8) is 0 Å². The third kappa shape index (κ3) is 5.37. The smallest absolute Gasteiger partial charge is 0.244 e. The third-order valence-electron chi connectivity index (χ3n) is 5.26. The molecule has 0 bridgehead atoms. The zero-order chi connectivity index (χ0) is 21.2. The minimum atomic E-state index is -3.68. The van der Waals surface area contributed by atoms with Gasteiger partial charge in [-0.25, -0.2) is 8.42 Å². The fourth-order valence-corrected chi connectivity index (χ4v) is 6.37. The maximum Gasteiger partial charge on any atom is 0.244 e. The summed E-state index contributed by atoms with van der Waals surface area (Å²) in [5, 5.41) is 9.32. The van der Waals surface area contributed by atoms with E-state index in [-0.39, 0.29) is 17.3 Å². The number of hydrogen-bond acceptors (Lipinski definition) is 5. The Morgan fingerprint density at radius 1 is 1.00 bits per heavy atom. The highest BCUT2D eigenvalue weighted by molar-refractivity contribution is 8.00. The summed E-state index contributed by atoms with van der Waals surface area (Å²) >= 11 is 1.44. The van der Waals surface area contributed by atoms with Crippen LogP contribution in [0.1, 0.15) is 30.5 Å². The first kappa shape index (κ1) is 24.7. The molecule has 0 unspecified atom stereocenters. The van der Waals surface area contributed by atoms with E-state index in [0.717, 1.165) is 16.0 Å². The zero-order valence-corrected chi connectivity index (χ0v) is 20.2. The minimum absolute atomic E-state index is 0. The molecular weight excluding hydrogens is 438 g/mol. The van der Waals surface area contributed by atoms with Gasteiger partial charge in [-0.1, -0.05) is 23.9 Å². The predicted molar refractivity (Wildman–Crippen MR) is 124 cm³/mol. The molecule has 1 aliphatic heterocycles. The summed E-state index contributed by atoms with van der Waals surface area (Å²) < 4.78 is 28.5. The monoisotopic (exact) mass is 465 g/mol. The second-order valence-electron chi connectivity index (χ2n) is 7.68. The van der Waals surface area contributed by atoms with Crippen LogP contribution >= 0.6 is 24.2 Å². The van der Waals surface area contributed by atoms with Crippen molar-refractivity contribution in [3.05, 3.63) is 53.1 Å². The highest BCUT2D eigenvalue weighted by Crippen LogP contribution is 2.37. The maximum absolute atomic E-state index is 13.5. The van der Waals surface area contributed by atoms with Crippen LogP contribution in [0.4, 0.5) is 0 Å². The molecule has 0 saturated carbocycles. The molecule has 1 aliphatic rings. The van der Waals surface area contributed by atoms with E-state index >= 15 is 0 Å². The summed E-state index contributed by atoms with van der Waals surface area (Å²) in [5.74, 6) is 0.